The Bertz CT molecular complexity index is 184. The van der Waals surface area contributed by atoms with Crippen LogP contribution < -0.4 is 5.32 Å². The third-order valence-electron chi connectivity index (χ3n) is 3.62. The summed E-state index contributed by atoms with van der Waals surface area (Å²) >= 11 is 0. The lowest BCUT2D eigenvalue weighted by atomic mass is 10.3. The number of likely N-dealkylation sites (N-methyl/N-ethyl adjacent to an activating group) is 1. The molecule has 0 saturated carbocycles. The molecule has 0 spiro atoms. The van der Waals surface area contributed by atoms with E-state index < -0.39 is 0 Å². The molecule has 1 aliphatic heterocycles. The molecular formula is C14H31N3O. The van der Waals surface area contributed by atoms with E-state index in [1.54, 1.807) is 7.11 Å². The van der Waals surface area contributed by atoms with Crippen molar-refractivity contribution in [2.24, 2.45) is 0 Å². The molecule has 0 radical (unpaired) electrons. The van der Waals surface area contributed by atoms with Crippen molar-refractivity contribution in [1.29, 1.82) is 0 Å². The zero-order chi connectivity index (χ0) is 13.1. The summed E-state index contributed by atoms with van der Waals surface area (Å²) in [5.41, 5.74) is 0. The number of methoxy groups -OCH3 is 1. The highest BCUT2D eigenvalue weighted by Crippen LogP contribution is 2.06. The van der Waals surface area contributed by atoms with Crippen LogP contribution >= 0.6 is 0 Å². The zero-order valence-corrected chi connectivity index (χ0v) is 12.3. The number of nitrogens with one attached hydrogen (secondary N) is 1. The third kappa shape index (κ3) is 8.03. The Hall–Kier alpha value is -0.160. The minimum absolute atomic E-state index is 0.815. The van der Waals surface area contributed by atoms with Gasteiger partial charge in [0.15, 0.2) is 0 Å². The van der Waals surface area contributed by atoms with Gasteiger partial charge >= 0.3 is 0 Å². The molecule has 1 fully saturated rings. The van der Waals surface area contributed by atoms with Crippen molar-refractivity contribution >= 4 is 0 Å². The summed E-state index contributed by atoms with van der Waals surface area (Å²) in [6, 6.07) is 0. The Kier molecular flexibility index (Phi) is 9.48. The molecule has 0 amide bonds. The molecule has 0 aromatic carbocycles. The lowest BCUT2D eigenvalue weighted by molar-refractivity contribution is 0.199. The average molecular weight is 257 g/mol. The van der Waals surface area contributed by atoms with Crippen LogP contribution in [0.4, 0.5) is 0 Å². The normalized spacial score (nSPS) is 16.8. The molecule has 1 rings (SSSR count). The molecule has 18 heavy (non-hydrogen) atoms. The topological polar surface area (TPSA) is 27.7 Å². The molecule has 4 heteroatoms. The fraction of sp³-hybridized carbons (Fsp3) is 1.00. The van der Waals surface area contributed by atoms with Gasteiger partial charge in [0.25, 0.3) is 0 Å². The number of unbranched alkanes of at least 4 members (excludes halogenated alkanes) is 1. The summed E-state index contributed by atoms with van der Waals surface area (Å²) in [4.78, 5) is 5.05. The number of hydrogen-bond donors (Lipinski definition) is 1. The third-order valence-corrected chi connectivity index (χ3v) is 3.62. The largest absolute Gasteiger partial charge is 0.383 e. The van der Waals surface area contributed by atoms with Gasteiger partial charge in [-0.1, -0.05) is 0 Å². The van der Waals surface area contributed by atoms with Gasteiger partial charge in [0.1, 0.15) is 0 Å². The first-order valence-electron chi connectivity index (χ1n) is 7.43. The SMILES string of the molecule is COCCNCCCCN(C)CCN1CCCC1. The molecule has 0 aromatic rings. The monoisotopic (exact) mass is 257 g/mol. The maximum Gasteiger partial charge on any atom is 0.0587 e. The van der Waals surface area contributed by atoms with Crippen molar-refractivity contribution in [2.75, 3.05) is 66.6 Å². The van der Waals surface area contributed by atoms with Crippen molar-refractivity contribution in [2.45, 2.75) is 25.7 Å². The summed E-state index contributed by atoms with van der Waals surface area (Å²) in [5, 5.41) is 3.39. The van der Waals surface area contributed by atoms with Crippen LogP contribution in [-0.2, 0) is 4.74 Å². The van der Waals surface area contributed by atoms with Crippen LogP contribution in [0.5, 0.6) is 0 Å². The summed E-state index contributed by atoms with van der Waals surface area (Å²) in [6.45, 7) is 9.23. The molecule has 1 saturated heterocycles. The molecule has 4 nitrogen and oxygen atoms in total. The number of likely N-dealkylation sites (tertiary alicyclic amines) is 1. The minimum atomic E-state index is 0.815. The molecule has 0 aliphatic carbocycles. The second kappa shape index (κ2) is 10.7. The van der Waals surface area contributed by atoms with Crippen LogP contribution in [0, 0.1) is 0 Å². The smallest absolute Gasteiger partial charge is 0.0587 e. The van der Waals surface area contributed by atoms with E-state index in [0.717, 1.165) is 19.7 Å². The van der Waals surface area contributed by atoms with E-state index in [9.17, 15) is 0 Å². The van der Waals surface area contributed by atoms with Gasteiger partial charge in [-0.15, -0.1) is 0 Å². The number of rotatable bonds is 11. The average Bonchev–Trinajstić information content (AvgIpc) is 2.88. The summed E-state index contributed by atoms with van der Waals surface area (Å²) in [7, 11) is 3.99. The molecule has 0 aromatic heterocycles. The molecular weight excluding hydrogens is 226 g/mol. The molecule has 1 heterocycles. The fourth-order valence-corrected chi connectivity index (χ4v) is 2.36. The molecule has 108 valence electrons. The van der Waals surface area contributed by atoms with Crippen LogP contribution in [-0.4, -0.2) is 76.4 Å². The summed E-state index contributed by atoms with van der Waals surface area (Å²) in [5.74, 6) is 0. The summed E-state index contributed by atoms with van der Waals surface area (Å²) in [6.07, 6.45) is 5.35. The highest BCUT2D eigenvalue weighted by Gasteiger charge is 2.11. The molecule has 0 bridgehead atoms. The van der Waals surface area contributed by atoms with E-state index in [0.29, 0.717) is 0 Å². The van der Waals surface area contributed by atoms with E-state index >= 15 is 0 Å². The van der Waals surface area contributed by atoms with Crippen LogP contribution in [0.3, 0.4) is 0 Å². The van der Waals surface area contributed by atoms with Crippen molar-refractivity contribution in [3.8, 4) is 0 Å². The van der Waals surface area contributed by atoms with E-state index in [1.165, 1.54) is 58.4 Å². The fourth-order valence-electron chi connectivity index (χ4n) is 2.36. The van der Waals surface area contributed by atoms with Crippen molar-refractivity contribution in [3.05, 3.63) is 0 Å². The van der Waals surface area contributed by atoms with E-state index in [-0.39, 0.29) is 0 Å². The number of hydrogen-bond acceptors (Lipinski definition) is 4. The molecule has 0 unspecified atom stereocenters. The standard InChI is InChI=1S/C14H31N3O/c1-16(12-13-17-10-5-6-11-17)9-4-3-7-15-8-14-18-2/h15H,3-14H2,1-2H3. The van der Waals surface area contributed by atoms with E-state index in [1.807, 2.05) is 0 Å². The number of nitrogens with zero attached hydrogens (tertiary/aromatic N) is 2. The van der Waals surface area contributed by atoms with Gasteiger partial charge < -0.3 is 19.9 Å². The van der Waals surface area contributed by atoms with Gasteiger partial charge in [-0.05, 0) is 58.9 Å². The van der Waals surface area contributed by atoms with Crippen molar-refractivity contribution < 1.29 is 4.74 Å². The molecule has 0 atom stereocenters. The Balaban J connectivity index is 1.82. The van der Waals surface area contributed by atoms with Gasteiger partial charge in [-0.2, -0.15) is 0 Å². The number of ether oxygens (including phenoxy) is 1. The van der Waals surface area contributed by atoms with Crippen molar-refractivity contribution in [3.63, 3.8) is 0 Å². The van der Waals surface area contributed by atoms with Crippen LogP contribution in [0.15, 0.2) is 0 Å². The Labute approximate surface area is 113 Å². The highest BCUT2D eigenvalue weighted by atomic mass is 16.5. The Morgan fingerprint density at radius 1 is 1.11 bits per heavy atom. The van der Waals surface area contributed by atoms with Gasteiger partial charge in [-0.3, -0.25) is 0 Å². The van der Waals surface area contributed by atoms with Gasteiger partial charge in [-0.25, -0.2) is 0 Å². The predicted molar refractivity (Wildman–Crippen MR) is 77.2 cm³/mol. The second-order valence-corrected chi connectivity index (χ2v) is 5.30. The highest BCUT2D eigenvalue weighted by molar-refractivity contribution is 4.67. The van der Waals surface area contributed by atoms with Gasteiger partial charge in [0.05, 0.1) is 6.61 Å². The maximum atomic E-state index is 4.99. The van der Waals surface area contributed by atoms with Crippen LogP contribution in [0.2, 0.25) is 0 Å². The minimum Gasteiger partial charge on any atom is -0.383 e. The first-order valence-corrected chi connectivity index (χ1v) is 7.43. The Morgan fingerprint density at radius 2 is 1.89 bits per heavy atom. The van der Waals surface area contributed by atoms with Crippen molar-refractivity contribution in [1.82, 2.24) is 15.1 Å². The zero-order valence-electron chi connectivity index (χ0n) is 12.3. The first kappa shape index (κ1) is 15.9. The summed E-state index contributed by atoms with van der Waals surface area (Å²) < 4.78 is 4.99. The lowest BCUT2D eigenvalue weighted by Crippen LogP contribution is -2.32. The van der Waals surface area contributed by atoms with Gasteiger partial charge in [0.2, 0.25) is 0 Å². The van der Waals surface area contributed by atoms with Gasteiger partial charge in [0, 0.05) is 26.7 Å². The maximum absolute atomic E-state index is 4.99. The molecule has 1 N–H and O–H groups in total. The second-order valence-electron chi connectivity index (χ2n) is 5.30. The predicted octanol–water partition coefficient (Wildman–Crippen LogP) is 1.03. The first-order chi connectivity index (χ1) is 8.83. The van der Waals surface area contributed by atoms with Crippen LogP contribution in [0.25, 0.3) is 0 Å². The molecule has 1 aliphatic rings. The lowest BCUT2D eigenvalue weighted by Gasteiger charge is -2.21. The van der Waals surface area contributed by atoms with Crippen LogP contribution in [0.1, 0.15) is 25.7 Å². The Morgan fingerprint density at radius 3 is 2.61 bits per heavy atom. The van der Waals surface area contributed by atoms with E-state index in [2.05, 4.69) is 22.2 Å². The van der Waals surface area contributed by atoms with E-state index in [4.69, 9.17) is 4.74 Å². The quantitative estimate of drug-likeness (QED) is 0.560.